The highest BCUT2D eigenvalue weighted by Gasteiger charge is 2.05. The van der Waals surface area contributed by atoms with E-state index >= 15 is 0 Å². The highest BCUT2D eigenvalue weighted by atomic mass is 15.1. The highest BCUT2D eigenvalue weighted by Crippen LogP contribution is 2.11. The van der Waals surface area contributed by atoms with Gasteiger partial charge in [0.15, 0.2) is 0 Å². The van der Waals surface area contributed by atoms with E-state index in [1.165, 1.54) is 12.1 Å². The quantitative estimate of drug-likeness (QED) is 0.561. The Morgan fingerprint density at radius 2 is 2.09 bits per heavy atom. The van der Waals surface area contributed by atoms with Crippen LogP contribution in [0.5, 0.6) is 0 Å². The Hall–Kier alpha value is -0.680. The van der Waals surface area contributed by atoms with Gasteiger partial charge in [-0.3, -0.25) is 0 Å². The van der Waals surface area contributed by atoms with E-state index in [4.69, 9.17) is 0 Å². The number of allylic oxidation sites excluding steroid dienone is 1. The molecule has 0 aliphatic rings. The number of nitrogens with zero attached hydrogens (tertiary/aromatic N) is 1. The Morgan fingerprint density at radius 3 is 2.36 bits per heavy atom. The Morgan fingerprint density at radius 1 is 1.55 bits per heavy atom. The standard InChI is InChI=1S/C10H19N/c1-6-8-11(5)10(7-2)9(3)4/h9H,2,6,8H2,1,3-5H3. The van der Waals surface area contributed by atoms with Crippen LogP contribution < -0.4 is 0 Å². The molecule has 0 aliphatic heterocycles. The van der Waals surface area contributed by atoms with Crippen molar-refractivity contribution in [2.75, 3.05) is 13.6 Å². The second-order valence-electron chi connectivity index (χ2n) is 3.14. The zero-order chi connectivity index (χ0) is 8.85. The molecule has 11 heavy (non-hydrogen) atoms. The average Bonchev–Trinajstić information content (AvgIpc) is 1.88. The van der Waals surface area contributed by atoms with Crippen molar-refractivity contribution >= 4 is 0 Å². The van der Waals surface area contributed by atoms with Crippen molar-refractivity contribution in [1.29, 1.82) is 0 Å². The molecule has 0 bridgehead atoms. The molecule has 0 amide bonds. The van der Waals surface area contributed by atoms with Crippen molar-refractivity contribution in [2.24, 2.45) is 5.92 Å². The number of rotatable bonds is 4. The summed E-state index contributed by atoms with van der Waals surface area (Å²) in [6.07, 6.45) is 1.18. The van der Waals surface area contributed by atoms with Gasteiger partial charge in [0.1, 0.15) is 0 Å². The molecule has 0 saturated heterocycles. The Kier molecular flexibility index (Phi) is 4.72. The minimum Gasteiger partial charge on any atom is -0.371 e. The minimum absolute atomic E-state index is 0.532. The van der Waals surface area contributed by atoms with Crippen LogP contribution in [0.2, 0.25) is 0 Å². The predicted molar refractivity (Wildman–Crippen MR) is 50.4 cm³/mol. The van der Waals surface area contributed by atoms with E-state index in [-0.39, 0.29) is 0 Å². The molecule has 1 heteroatoms. The molecule has 0 radical (unpaired) electrons. The summed E-state index contributed by atoms with van der Waals surface area (Å²) in [6.45, 7) is 11.3. The topological polar surface area (TPSA) is 3.24 Å². The molecule has 0 unspecified atom stereocenters. The van der Waals surface area contributed by atoms with Crippen LogP contribution in [0, 0.1) is 5.92 Å². The van der Waals surface area contributed by atoms with Gasteiger partial charge in [0.05, 0.1) is 5.70 Å². The Bertz CT molecular complexity index is 152. The maximum Gasteiger partial charge on any atom is 0.0581 e. The molecule has 0 aromatic rings. The molecular formula is C10H19N. The van der Waals surface area contributed by atoms with Crippen molar-refractivity contribution in [1.82, 2.24) is 4.90 Å². The monoisotopic (exact) mass is 153 g/mol. The third kappa shape index (κ3) is 3.29. The fraction of sp³-hybridized carbons (Fsp3) is 0.700. The van der Waals surface area contributed by atoms with E-state index < -0.39 is 0 Å². The summed E-state index contributed by atoms with van der Waals surface area (Å²) in [5, 5.41) is 0. The first kappa shape index (κ1) is 10.3. The Balaban J connectivity index is 4.16. The van der Waals surface area contributed by atoms with Crippen molar-refractivity contribution in [3.8, 4) is 0 Å². The van der Waals surface area contributed by atoms with Gasteiger partial charge in [-0.25, -0.2) is 0 Å². The molecule has 0 fully saturated rings. The normalized spacial score (nSPS) is 9.55. The van der Waals surface area contributed by atoms with Gasteiger partial charge >= 0.3 is 0 Å². The van der Waals surface area contributed by atoms with Crippen LogP contribution in [-0.4, -0.2) is 18.5 Å². The summed E-state index contributed by atoms with van der Waals surface area (Å²) in [6, 6.07) is 0. The summed E-state index contributed by atoms with van der Waals surface area (Å²) in [5.74, 6) is 0.532. The van der Waals surface area contributed by atoms with Gasteiger partial charge in [-0.05, 0) is 6.42 Å². The minimum atomic E-state index is 0.532. The first-order chi connectivity index (χ1) is 5.13. The molecule has 0 N–H and O–H groups in total. The zero-order valence-electron chi connectivity index (χ0n) is 8.15. The third-order valence-corrected chi connectivity index (χ3v) is 1.70. The maximum atomic E-state index is 3.68. The first-order valence-corrected chi connectivity index (χ1v) is 4.24. The number of hydrogen-bond donors (Lipinski definition) is 0. The van der Waals surface area contributed by atoms with Crippen molar-refractivity contribution in [2.45, 2.75) is 27.2 Å². The van der Waals surface area contributed by atoms with Crippen LogP contribution in [0.4, 0.5) is 0 Å². The molecule has 0 saturated carbocycles. The second-order valence-corrected chi connectivity index (χ2v) is 3.14. The van der Waals surface area contributed by atoms with Gasteiger partial charge in [-0.1, -0.05) is 27.4 Å². The van der Waals surface area contributed by atoms with Crippen LogP contribution in [0.25, 0.3) is 0 Å². The maximum absolute atomic E-state index is 3.68. The van der Waals surface area contributed by atoms with Crippen LogP contribution in [-0.2, 0) is 0 Å². The van der Waals surface area contributed by atoms with Gasteiger partial charge in [0.2, 0.25) is 0 Å². The van der Waals surface area contributed by atoms with Crippen LogP contribution in [0.15, 0.2) is 18.0 Å². The molecule has 0 rings (SSSR count). The van der Waals surface area contributed by atoms with Crippen molar-refractivity contribution in [3.63, 3.8) is 0 Å². The van der Waals surface area contributed by atoms with Gasteiger partial charge < -0.3 is 4.90 Å². The largest absolute Gasteiger partial charge is 0.371 e. The zero-order valence-corrected chi connectivity index (χ0v) is 8.15. The lowest BCUT2D eigenvalue weighted by molar-refractivity contribution is 0.375. The molecule has 0 heterocycles. The summed E-state index contributed by atoms with van der Waals surface area (Å²) in [4.78, 5) is 2.22. The van der Waals surface area contributed by atoms with E-state index in [0.717, 1.165) is 6.54 Å². The van der Waals surface area contributed by atoms with E-state index in [0.29, 0.717) is 5.92 Å². The average molecular weight is 153 g/mol. The van der Waals surface area contributed by atoms with Crippen molar-refractivity contribution < 1.29 is 0 Å². The SMILES string of the molecule is C=C=C(C(C)C)N(C)CCC. The van der Waals surface area contributed by atoms with Crippen molar-refractivity contribution in [3.05, 3.63) is 18.0 Å². The molecule has 0 spiro atoms. The smallest absolute Gasteiger partial charge is 0.0581 e. The lowest BCUT2D eigenvalue weighted by Gasteiger charge is -2.22. The van der Waals surface area contributed by atoms with Crippen LogP contribution in [0.1, 0.15) is 27.2 Å². The van der Waals surface area contributed by atoms with Gasteiger partial charge in [0, 0.05) is 19.5 Å². The lowest BCUT2D eigenvalue weighted by Crippen LogP contribution is -2.21. The molecule has 1 nitrogen and oxygen atoms in total. The van der Waals surface area contributed by atoms with E-state index in [9.17, 15) is 0 Å². The molecule has 0 aliphatic carbocycles. The fourth-order valence-corrected chi connectivity index (χ4v) is 1.24. The predicted octanol–water partition coefficient (Wildman–Crippen LogP) is 2.65. The van der Waals surface area contributed by atoms with Gasteiger partial charge in [0.25, 0.3) is 0 Å². The van der Waals surface area contributed by atoms with Gasteiger partial charge in [-0.2, -0.15) is 0 Å². The second kappa shape index (κ2) is 5.03. The summed E-state index contributed by atoms with van der Waals surface area (Å²) < 4.78 is 0. The molecule has 64 valence electrons. The third-order valence-electron chi connectivity index (χ3n) is 1.70. The van der Waals surface area contributed by atoms with E-state index in [1.54, 1.807) is 0 Å². The molecule has 0 aromatic heterocycles. The highest BCUT2D eigenvalue weighted by molar-refractivity contribution is 4.99. The first-order valence-electron chi connectivity index (χ1n) is 4.24. The number of hydrogen-bond acceptors (Lipinski definition) is 1. The summed E-state index contributed by atoms with van der Waals surface area (Å²) in [7, 11) is 2.09. The summed E-state index contributed by atoms with van der Waals surface area (Å²) >= 11 is 0. The summed E-state index contributed by atoms with van der Waals surface area (Å²) in [5.41, 5.74) is 4.19. The fourth-order valence-electron chi connectivity index (χ4n) is 1.24. The molecule has 0 atom stereocenters. The molecular weight excluding hydrogens is 134 g/mol. The van der Waals surface area contributed by atoms with Gasteiger partial charge in [-0.15, -0.1) is 5.73 Å². The Labute approximate surface area is 70.4 Å². The van der Waals surface area contributed by atoms with E-state index in [1.807, 2.05) is 0 Å². The lowest BCUT2D eigenvalue weighted by atomic mass is 10.1. The van der Waals surface area contributed by atoms with Crippen LogP contribution >= 0.6 is 0 Å². The molecule has 0 aromatic carbocycles. The van der Waals surface area contributed by atoms with E-state index in [2.05, 4.69) is 45.0 Å². The van der Waals surface area contributed by atoms with Crippen LogP contribution in [0.3, 0.4) is 0 Å².